The summed E-state index contributed by atoms with van der Waals surface area (Å²) in [5.74, 6) is -0.916. The molecule has 0 aliphatic rings. The van der Waals surface area contributed by atoms with E-state index in [1.165, 1.54) is 28.4 Å². The maximum absolute atomic E-state index is 13.3. The van der Waals surface area contributed by atoms with Gasteiger partial charge in [0.25, 0.3) is 0 Å². The molecule has 0 aliphatic heterocycles. The molecule has 2 aromatic rings. The van der Waals surface area contributed by atoms with Crippen molar-refractivity contribution < 1.29 is 37.6 Å². The van der Waals surface area contributed by atoms with Gasteiger partial charge in [0.1, 0.15) is 34.5 Å². The quantitative estimate of drug-likeness (QED) is 0.794. The molecule has 0 saturated carbocycles. The summed E-state index contributed by atoms with van der Waals surface area (Å²) in [5.41, 5.74) is 0. The fraction of sp³-hybridized carbons (Fsp3) is 0.250. The van der Waals surface area contributed by atoms with Gasteiger partial charge in [0.15, 0.2) is 9.79 Å². The molecule has 136 valence electrons. The van der Waals surface area contributed by atoms with E-state index in [0.29, 0.717) is 0 Å². The summed E-state index contributed by atoms with van der Waals surface area (Å²) in [6, 6.07) is 4.59. The SMILES string of the molecule is COc1cc(O)cc(OC)c1S(=O)(=O)c1c(OC)cc(O)cc1OC. The van der Waals surface area contributed by atoms with Crippen molar-refractivity contribution in [3.8, 4) is 34.5 Å². The topological polar surface area (TPSA) is 112 Å². The Balaban J connectivity index is 2.90. The van der Waals surface area contributed by atoms with E-state index < -0.39 is 9.84 Å². The minimum absolute atomic E-state index is 0.117. The Labute approximate surface area is 145 Å². The van der Waals surface area contributed by atoms with Crippen LogP contribution >= 0.6 is 0 Å². The van der Waals surface area contributed by atoms with Crippen molar-refractivity contribution in [2.24, 2.45) is 0 Å². The van der Waals surface area contributed by atoms with Crippen LogP contribution in [0, 0.1) is 0 Å². The fourth-order valence-corrected chi connectivity index (χ4v) is 4.20. The smallest absolute Gasteiger partial charge is 0.221 e. The zero-order chi connectivity index (χ0) is 18.8. The van der Waals surface area contributed by atoms with Crippen molar-refractivity contribution in [3.63, 3.8) is 0 Å². The van der Waals surface area contributed by atoms with E-state index in [1.54, 1.807) is 0 Å². The van der Waals surface area contributed by atoms with E-state index in [-0.39, 0.29) is 44.3 Å². The van der Waals surface area contributed by atoms with Gasteiger partial charge in [-0.3, -0.25) is 0 Å². The zero-order valence-corrected chi connectivity index (χ0v) is 14.9. The van der Waals surface area contributed by atoms with Crippen LogP contribution < -0.4 is 18.9 Å². The highest BCUT2D eigenvalue weighted by Crippen LogP contribution is 2.46. The van der Waals surface area contributed by atoms with Crippen molar-refractivity contribution in [1.82, 2.24) is 0 Å². The monoisotopic (exact) mass is 370 g/mol. The molecule has 0 fully saturated rings. The largest absolute Gasteiger partial charge is 0.508 e. The molecule has 0 amide bonds. The van der Waals surface area contributed by atoms with Crippen LogP contribution in [-0.2, 0) is 9.84 Å². The minimum Gasteiger partial charge on any atom is -0.508 e. The Hall–Kier alpha value is -2.81. The third kappa shape index (κ3) is 3.22. The van der Waals surface area contributed by atoms with E-state index in [2.05, 4.69) is 0 Å². The fourth-order valence-electron chi connectivity index (χ4n) is 2.36. The third-order valence-corrected chi connectivity index (χ3v) is 5.31. The first-order valence-electron chi connectivity index (χ1n) is 6.95. The second-order valence-electron chi connectivity index (χ2n) is 4.86. The lowest BCUT2D eigenvalue weighted by Gasteiger charge is -2.18. The molecule has 0 unspecified atom stereocenters. The number of sulfone groups is 1. The van der Waals surface area contributed by atoms with Crippen molar-refractivity contribution in [2.45, 2.75) is 9.79 Å². The van der Waals surface area contributed by atoms with Gasteiger partial charge in [-0.25, -0.2) is 8.42 Å². The standard InChI is InChI=1S/C16H18O8S/c1-21-11-5-9(17)6-12(22-2)15(11)25(19,20)16-13(23-3)7-10(18)8-14(16)24-4/h5-8,17-18H,1-4H3. The van der Waals surface area contributed by atoms with E-state index in [9.17, 15) is 18.6 Å². The van der Waals surface area contributed by atoms with E-state index in [1.807, 2.05) is 0 Å². The second-order valence-corrected chi connectivity index (χ2v) is 6.69. The first-order chi connectivity index (χ1) is 11.8. The Morgan fingerprint density at radius 3 is 1.08 bits per heavy atom. The summed E-state index contributed by atoms with van der Waals surface area (Å²) in [4.78, 5) is -0.616. The molecule has 0 atom stereocenters. The molecular weight excluding hydrogens is 352 g/mol. The average Bonchev–Trinajstić information content (AvgIpc) is 2.59. The van der Waals surface area contributed by atoms with Crippen LogP contribution in [0.4, 0.5) is 0 Å². The van der Waals surface area contributed by atoms with Crippen molar-refractivity contribution in [1.29, 1.82) is 0 Å². The summed E-state index contributed by atoms with van der Waals surface area (Å²) < 4.78 is 47.0. The molecule has 0 aliphatic carbocycles. The van der Waals surface area contributed by atoms with E-state index >= 15 is 0 Å². The van der Waals surface area contributed by atoms with Crippen molar-refractivity contribution >= 4 is 9.84 Å². The van der Waals surface area contributed by atoms with Gasteiger partial charge in [-0.2, -0.15) is 0 Å². The summed E-state index contributed by atoms with van der Waals surface area (Å²) in [6.07, 6.45) is 0. The lowest BCUT2D eigenvalue weighted by atomic mass is 10.3. The number of phenols is 2. The van der Waals surface area contributed by atoms with Gasteiger partial charge in [-0.05, 0) is 0 Å². The van der Waals surface area contributed by atoms with Gasteiger partial charge in [-0.15, -0.1) is 0 Å². The lowest BCUT2D eigenvalue weighted by Crippen LogP contribution is -2.10. The first kappa shape index (κ1) is 18.5. The van der Waals surface area contributed by atoms with Gasteiger partial charge >= 0.3 is 0 Å². The molecule has 9 heteroatoms. The number of methoxy groups -OCH3 is 4. The molecule has 25 heavy (non-hydrogen) atoms. The number of phenolic OH excluding ortho intramolecular Hbond substituents is 2. The zero-order valence-electron chi connectivity index (χ0n) is 14.1. The Morgan fingerprint density at radius 2 is 0.880 bits per heavy atom. The average molecular weight is 370 g/mol. The molecule has 2 N–H and O–H groups in total. The normalized spacial score (nSPS) is 11.0. The van der Waals surface area contributed by atoms with Crippen LogP contribution in [0.2, 0.25) is 0 Å². The van der Waals surface area contributed by atoms with Crippen LogP contribution in [0.3, 0.4) is 0 Å². The molecule has 0 radical (unpaired) electrons. The van der Waals surface area contributed by atoms with Crippen LogP contribution in [-0.4, -0.2) is 47.1 Å². The van der Waals surface area contributed by atoms with E-state index in [0.717, 1.165) is 24.3 Å². The molecule has 0 aromatic heterocycles. The third-order valence-electron chi connectivity index (χ3n) is 3.43. The summed E-state index contributed by atoms with van der Waals surface area (Å²) in [5, 5.41) is 19.4. The second kappa shape index (κ2) is 6.98. The summed E-state index contributed by atoms with van der Waals surface area (Å²) in [6.45, 7) is 0. The number of rotatable bonds is 6. The lowest BCUT2D eigenvalue weighted by molar-refractivity contribution is 0.359. The summed E-state index contributed by atoms with van der Waals surface area (Å²) in [7, 11) is 0.784. The predicted octanol–water partition coefficient (Wildman–Crippen LogP) is 1.96. The van der Waals surface area contributed by atoms with Crippen LogP contribution in [0.5, 0.6) is 34.5 Å². The highest BCUT2D eigenvalue weighted by molar-refractivity contribution is 7.92. The molecule has 2 rings (SSSR count). The van der Waals surface area contributed by atoms with Gasteiger partial charge in [0.2, 0.25) is 9.84 Å². The van der Waals surface area contributed by atoms with Crippen molar-refractivity contribution in [2.75, 3.05) is 28.4 Å². The number of ether oxygens (including phenoxy) is 4. The van der Waals surface area contributed by atoms with Gasteiger partial charge < -0.3 is 29.2 Å². The maximum atomic E-state index is 13.3. The van der Waals surface area contributed by atoms with Gasteiger partial charge in [0.05, 0.1) is 28.4 Å². The minimum atomic E-state index is -4.27. The molecule has 8 nitrogen and oxygen atoms in total. The maximum Gasteiger partial charge on any atom is 0.221 e. The number of hydrogen-bond donors (Lipinski definition) is 2. The molecular formula is C16H18O8S. The molecule has 2 aromatic carbocycles. The predicted molar refractivity (Wildman–Crippen MR) is 87.9 cm³/mol. The molecule has 0 bridgehead atoms. The van der Waals surface area contributed by atoms with Gasteiger partial charge in [-0.1, -0.05) is 0 Å². The van der Waals surface area contributed by atoms with Crippen molar-refractivity contribution in [3.05, 3.63) is 24.3 Å². The first-order valence-corrected chi connectivity index (χ1v) is 8.43. The number of aromatic hydroxyl groups is 2. The number of benzene rings is 2. The van der Waals surface area contributed by atoms with E-state index in [4.69, 9.17) is 18.9 Å². The van der Waals surface area contributed by atoms with Crippen LogP contribution in [0.1, 0.15) is 0 Å². The molecule has 0 saturated heterocycles. The Kier molecular flexibility index (Phi) is 5.17. The van der Waals surface area contributed by atoms with Crippen LogP contribution in [0.15, 0.2) is 34.1 Å². The molecule has 0 spiro atoms. The Morgan fingerprint density at radius 1 is 0.640 bits per heavy atom. The highest BCUT2D eigenvalue weighted by atomic mass is 32.2. The van der Waals surface area contributed by atoms with Gasteiger partial charge in [0, 0.05) is 24.3 Å². The summed E-state index contributed by atoms with van der Waals surface area (Å²) >= 11 is 0. The highest BCUT2D eigenvalue weighted by Gasteiger charge is 2.34. The Bertz CT molecular complexity index is 771. The van der Waals surface area contributed by atoms with Crippen LogP contribution in [0.25, 0.3) is 0 Å². The number of hydrogen-bond acceptors (Lipinski definition) is 8. The molecule has 0 heterocycles.